The largest absolute Gasteiger partial charge is 0.384 e. The van der Waals surface area contributed by atoms with Gasteiger partial charge < -0.3 is 20.3 Å². The Kier molecular flexibility index (Phi) is 5.20. The number of amides is 2. The predicted octanol–water partition coefficient (Wildman–Crippen LogP) is 2.10. The highest BCUT2D eigenvalue weighted by molar-refractivity contribution is 7.08. The summed E-state index contributed by atoms with van der Waals surface area (Å²) in [5.74, 6) is 0.778. The number of carbonyl (C=O) groups is 1. The van der Waals surface area contributed by atoms with E-state index in [9.17, 15) is 9.90 Å². The van der Waals surface area contributed by atoms with Crippen molar-refractivity contribution in [2.24, 2.45) is 0 Å². The monoisotopic (exact) mass is 323 g/mol. The van der Waals surface area contributed by atoms with Gasteiger partial charge >= 0.3 is 6.03 Å². The maximum Gasteiger partial charge on any atom is 0.314 e. The van der Waals surface area contributed by atoms with Gasteiger partial charge in [0.2, 0.25) is 0 Å². The third kappa shape index (κ3) is 4.08. The first-order chi connectivity index (χ1) is 10.4. The quantitative estimate of drug-likeness (QED) is 0.760. The first kappa shape index (κ1) is 16.5. The van der Waals surface area contributed by atoms with Crippen LogP contribution >= 0.6 is 11.3 Å². The smallest absolute Gasteiger partial charge is 0.314 e. The van der Waals surface area contributed by atoms with Gasteiger partial charge in [0.15, 0.2) is 0 Å². The van der Waals surface area contributed by atoms with Crippen LogP contribution in [0.15, 0.2) is 21.3 Å². The Bertz CT molecular complexity index is 601. The van der Waals surface area contributed by atoms with Gasteiger partial charge in [0, 0.05) is 12.1 Å². The molecule has 0 saturated heterocycles. The van der Waals surface area contributed by atoms with Crippen LogP contribution in [0.25, 0.3) is 0 Å². The molecule has 0 aliphatic carbocycles. The van der Waals surface area contributed by atoms with E-state index in [1.165, 1.54) is 11.3 Å². The van der Waals surface area contributed by atoms with Crippen molar-refractivity contribution in [2.75, 3.05) is 13.1 Å². The van der Waals surface area contributed by atoms with E-state index < -0.39 is 5.60 Å². The Labute approximate surface area is 133 Å². The molecule has 120 valence electrons. The molecule has 0 spiro atoms. The first-order valence-corrected chi connectivity index (χ1v) is 8.03. The lowest BCUT2D eigenvalue weighted by Gasteiger charge is -2.22. The van der Waals surface area contributed by atoms with Crippen LogP contribution in [0.4, 0.5) is 4.79 Å². The number of nitrogens with zero attached hydrogens (tertiary/aromatic N) is 1. The Hall–Kier alpha value is -1.86. The molecule has 0 aromatic carbocycles. The van der Waals surface area contributed by atoms with Crippen LogP contribution in [0.5, 0.6) is 0 Å². The van der Waals surface area contributed by atoms with Crippen molar-refractivity contribution in [1.82, 2.24) is 15.8 Å². The lowest BCUT2D eigenvalue weighted by molar-refractivity contribution is 0.0598. The molecule has 2 amide bonds. The Balaban J connectivity index is 1.75. The molecule has 7 heteroatoms. The van der Waals surface area contributed by atoms with Gasteiger partial charge in [0.1, 0.15) is 11.4 Å². The van der Waals surface area contributed by atoms with Crippen molar-refractivity contribution in [3.05, 3.63) is 39.4 Å². The van der Waals surface area contributed by atoms with Crippen LogP contribution in [0.2, 0.25) is 0 Å². The molecule has 0 unspecified atom stereocenters. The molecule has 2 aromatic rings. The number of urea groups is 1. The number of aliphatic hydroxyl groups is 1. The van der Waals surface area contributed by atoms with Gasteiger partial charge in [-0.25, -0.2) is 4.79 Å². The van der Waals surface area contributed by atoms with Gasteiger partial charge in [-0.3, -0.25) is 0 Å². The number of thiophene rings is 1. The summed E-state index contributed by atoms with van der Waals surface area (Å²) in [5.41, 5.74) is 1.60. The topological polar surface area (TPSA) is 87.4 Å². The molecule has 0 radical (unpaired) electrons. The highest BCUT2D eigenvalue weighted by Gasteiger charge is 2.24. The van der Waals surface area contributed by atoms with Crippen LogP contribution in [0.1, 0.15) is 29.5 Å². The van der Waals surface area contributed by atoms with Crippen LogP contribution in [0, 0.1) is 13.8 Å². The lowest BCUT2D eigenvalue weighted by Crippen LogP contribution is -2.43. The molecule has 2 aromatic heterocycles. The molecule has 1 atom stereocenters. The molecule has 22 heavy (non-hydrogen) atoms. The zero-order valence-electron chi connectivity index (χ0n) is 13.0. The van der Waals surface area contributed by atoms with Crippen molar-refractivity contribution in [1.29, 1.82) is 0 Å². The Morgan fingerprint density at radius 1 is 1.45 bits per heavy atom. The third-order valence-electron chi connectivity index (χ3n) is 3.58. The Morgan fingerprint density at radius 2 is 2.23 bits per heavy atom. The number of hydrogen-bond donors (Lipinski definition) is 3. The highest BCUT2D eigenvalue weighted by atomic mass is 32.1. The fraction of sp³-hybridized carbons (Fsp3) is 0.467. The first-order valence-electron chi connectivity index (χ1n) is 7.08. The minimum atomic E-state index is -1.07. The van der Waals surface area contributed by atoms with E-state index in [0.717, 1.165) is 22.6 Å². The fourth-order valence-corrected chi connectivity index (χ4v) is 2.93. The molecule has 2 heterocycles. The summed E-state index contributed by atoms with van der Waals surface area (Å²) in [7, 11) is 0. The van der Waals surface area contributed by atoms with Gasteiger partial charge in [-0.1, -0.05) is 5.16 Å². The molecule has 0 saturated carbocycles. The normalized spacial score (nSPS) is 13.6. The summed E-state index contributed by atoms with van der Waals surface area (Å²) in [4.78, 5) is 11.8. The van der Waals surface area contributed by atoms with Crippen molar-refractivity contribution in [2.45, 2.75) is 32.8 Å². The number of aryl methyl sites for hydroxylation is 2. The number of hydrogen-bond acceptors (Lipinski definition) is 5. The number of aromatic nitrogens is 1. The Morgan fingerprint density at radius 3 is 2.82 bits per heavy atom. The number of rotatable bonds is 6. The van der Waals surface area contributed by atoms with E-state index in [-0.39, 0.29) is 12.6 Å². The zero-order valence-corrected chi connectivity index (χ0v) is 13.8. The molecule has 0 aliphatic rings. The summed E-state index contributed by atoms with van der Waals surface area (Å²) in [6.45, 7) is 6.05. The summed E-state index contributed by atoms with van der Waals surface area (Å²) in [6, 6.07) is 1.55. The van der Waals surface area contributed by atoms with E-state index in [1.54, 1.807) is 6.92 Å². The van der Waals surface area contributed by atoms with E-state index >= 15 is 0 Å². The maximum atomic E-state index is 11.8. The predicted molar refractivity (Wildman–Crippen MR) is 85.0 cm³/mol. The second kappa shape index (κ2) is 6.93. The summed E-state index contributed by atoms with van der Waals surface area (Å²) < 4.78 is 5.08. The molecule has 0 aliphatic heterocycles. The van der Waals surface area contributed by atoms with Crippen LogP contribution in [-0.2, 0) is 12.0 Å². The van der Waals surface area contributed by atoms with Gasteiger partial charge in [-0.15, -0.1) is 0 Å². The van der Waals surface area contributed by atoms with Gasteiger partial charge in [-0.05, 0) is 49.6 Å². The van der Waals surface area contributed by atoms with E-state index in [1.807, 2.05) is 30.7 Å². The van der Waals surface area contributed by atoms with Crippen LogP contribution in [-0.4, -0.2) is 29.4 Å². The SMILES string of the molecule is Cc1noc(C)c1CCNC(=O)NC[C@@](C)(O)c1ccsc1. The second-order valence-electron chi connectivity index (χ2n) is 5.45. The second-order valence-corrected chi connectivity index (χ2v) is 6.23. The average Bonchev–Trinajstić information content (AvgIpc) is 3.10. The minimum Gasteiger partial charge on any atom is -0.384 e. The van der Waals surface area contributed by atoms with Crippen molar-refractivity contribution in [3.8, 4) is 0 Å². The van der Waals surface area contributed by atoms with E-state index in [2.05, 4.69) is 15.8 Å². The maximum absolute atomic E-state index is 11.8. The standard InChI is InChI=1S/C15H21N3O3S/c1-10-13(11(2)21-18-10)4-6-16-14(19)17-9-15(3,20)12-5-7-22-8-12/h5,7-8,20H,4,6,9H2,1-3H3,(H2,16,17,19)/t15-/m1/s1. The van der Waals surface area contributed by atoms with Crippen LogP contribution in [0.3, 0.4) is 0 Å². The van der Waals surface area contributed by atoms with Crippen molar-refractivity contribution < 1.29 is 14.4 Å². The minimum absolute atomic E-state index is 0.154. The molecule has 0 fully saturated rings. The molecular weight excluding hydrogens is 302 g/mol. The summed E-state index contributed by atoms with van der Waals surface area (Å²) >= 11 is 1.51. The van der Waals surface area contributed by atoms with Gasteiger partial charge in [-0.2, -0.15) is 11.3 Å². The van der Waals surface area contributed by atoms with E-state index in [0.29, 0.717) is 13.0 Å². The van der Waals surface area contributed by atoms with Gasteiger partial charge in [0.05, 0.1) is 12.2 Å². The molecule has 0 bridgehead atoms. The fourth-order valence-electron chi connectivity index (χ4n) is 2.15. The summed E-state index contributed by atoms with van der Waals surface area (Å²) in [6.07, 6.45) is 0.662. The van der Waals surface area contributed by atoms with Crippen LogP contribution < -0.4 is 10.6 Å². The molecule has 6 nitrogen and oxygen atoms in total. The summed E-state index contributed by atoms with van der Waals surface area (Å²) in [5, 5.41) is 23.4. The number of carbonyl (C=O) groups excluding carboxylic acids is 1. The highest BCUT2D eigenvalue weighted by Crippen LogP contribution is 2.21. The lowest BCUT2D eigenvalue weighted by atomic mass is 9.99. The average molecular weight is 323 g/mol. The molecular formula is C15H21N3O3S. The molecule has 2 rings (SSSR count). The number of nitrogens with one attached hydrogen (secondary N) is 2. The van der Waals surface area contributed by atoms with Crippen molar-refractivity contribution >= 4 is 17.4 Å². The molecule has 3 N–H and O–H groups in total. The van der Waals surface area contributed by atoms with Crippen molar-refractivity contribution in [3.63, 3.8) is 0 Å². The van der Waals surface area contributed by atoms with E-state index in [4.69, 9.17) is 4.52 Å². The zero-order chi connectivity index (χ0) is 16.2. The van der Waals surface area contributed by atoms with Gasteiger partial charge in [0.25, 0.3) is 0 Å². The third-order valence-corrected chi connectivity index (χ3v) is 4.26.